The molecule has 1 amide bonds. The third-order valence-electron chi connectivity index (χ3n) is 6.17. The van der Waals surface area contributed by atoms with Crippen LogP contribution in [0.5, 0.6) is 11.5 Å². The summed E-state index contributed by atoms with van der Waals surface area (Å²) in [6.45, 7) is 7.42. The Balaban J connectivity index is 1.19. The predicted molar refractivity (Wildman–Crippen MR) is 131 cm³/mol. The van der Waals surface area contributed by atoms with Crippen molar-refractivity contribution in [1.29, 1.82) is 0 Å². The van der Waals surface area contributed by atoms with Crippen molar-refractivity contribution in [3.63, 3.8) is 0 Å². The summed E-state index contributed by atoms with van der Waals surface area (Å²) >= 11 is 0. The predicted octanol–water partition coefficient (Wildman–Crippen LogP) is 3.98. The second-order valence-corrected chi connectivity index (χ2v) is 8.49. The lowest BCUT2D eigenvalue weighted by Crippen LogP contribution is -2.49. The van der Waals surface area contributed by atoms with Gasteiger partial charge in [0.2, 0.25) is 0 Å². The highest BCUT2D eigenvalue weighted by Crippen LogP contribution is 2.20. The van der Waals surface area contributed by atoms with Gasteiger partial charge in [-0.25, -0.2) is 0 Å². The van der Waals surface area contributed by atoms with E-state index in [1.165, 1.54) is 17.4 Å². The molecule has 1 saturated heterocycles. The molecule has 1 aromatic heterocycles. The number of benzene rings is 2. The van der Waals surface area contributed by atoms with E-state index < -0.39 is 0 Å². The fourth-order valence-electron chi connectivity index (χ4n) is 4.07. The van der Waals surface area contributed by atoms with E-state index in [0.29, 0.717) is 25.5 Å². The Labute approximate surface area is 201 Å². The normalized spacial score (nSPS) is 15.2. The Bertz CT molecular complexity index is 1050. The van der Waals surface area contributed by atoms with Crippen molar-refractivity contribution in [3.8, 4) is 11.5 Å². The number of hydrogen-bond donors (Lipinski definition) is 1. The Morgan fingerprint density at radius 2 is 1.82 bits per heavy atom. The summed E-state index contributed by atoms with van der Waals surface area (Å²) in [7, 11) is 1.69. The summed E-state index contributed by atoms with van der Waals surface area (Å²) in [5.74, 6) is 2.11. The summed E-state index contributed by atoms with van der Waals surface area (Å²) < 4.78 is 16.6. The highest BCUT2D eigenvalue weighted by atomic mass is 16.5. The molecule has 3 aromatic rings. The van der Waals surface area contributed by atoms with E-state index in [1.807, 2.05) is 29.2 Å². The number of carbonyl (C=O) groups excluding carboxylic acids is 1. The van der Waals surface area contributed by atoms with E-state index in [9.17, 15) is 4.79 Å². The largest absolute Gasteiger partial charge is 0.497 e. The average molecular weight is 464 g/mol. The monoisotopic (exact) mass is 463 g/mol. The Morgan fingerprint density at radius 1 is 1.03 bits per heavy atom. The first kappa shape index (κ1) is 23.9. The van der Waals surface area contributed by atoms with E-state index in [4.69, 9.17) is 13.9 Å². The first-order chi connectivity index (χ1) is 16.6. The third-order valence-corrected chi connectivity index (χ3v) is 6.17. The van der Waals surface area contributed by atoms with Crippen LogP contribution in [-0.4, -0.2) is 62.1 Å². The Morgan fingerprint density at radius 3 is 2.59 bits per heavy atom. The molecule has 180 valence electrons. The molecule has 1 aliphatic rings. The SMILES string of the molecule is COc1cccc([C@@H](C)NCc2cccc(OCCN3CCN(C(=O)c4ccco4)CC3)c2)c1. The summed E-state index contributed by atoms with van der Waals surface area (Å²) in [6.07, 6.45) is 1.53. The molecule has 34 heavy (non-hydrogen) atoms. The van der Waals surface area contributed by atoms with E-state index >= 15 is 0 Å². The van der Waals surface area contributed by atoms with Gasteiger partial charge in [-0.1, -0.05) is 24.3 Å². The zero-order valence-corrected chi connectivity index (χ0v) is 19.9. The molecule has 1 atom stereocenters. The zero-order chi connectivity index (χ0) is 23.8. The van der Waals surface area contributed by atoms with Gasteiger partial charge in [0.1, 0.15) is 18.1 Å². The summed E-state index contributed by atoms with van der Waals surface area (Å²) in [6, 6.07) is 20.0. The lowest BCUT2D eigenvalue weighted by atomic mass is 10.1. The van der Waals surface area contributed by atoms with Gasteiger partial charge in [0.05, 0.1) is 13.4 Å². The molecule has 4 rings (SSSR count). The molecule has 1 fully saturated rings. The molecule has 1 aliphatic heterocycles. The number of ether oxygens (including phenoxy) is 2. The zero-order valence-electron chi connectivity index (χ0n) is 19.9. The van der Waals surface area contributed by atoms with E-state index in [0.717, 1.165) is 37.7 Å². The van der Waals surface area contributed by atoms with Crippen LogP contribution in [0.4, 0.5) is 0 Å². The maximum atomic E-state index is 12.4. The highest BCUT2D eigenvalue weighted by molar-refractivity contribution is 5.91. The van der Waals surface area contributed by atoms with Crippen LogP contribution in [-0.2, 0) is 6.54 Å². The molecule has 0 unspecified atom stereocenters. The van der Waals surface area contributed by atoms with Gasteiger partial charge in [-0.3, -0.25) is 9.69 Å². The number of nitrogens with zero attached hydrogens (tertiary/aromatic N) is 2. The molecule has 0 saturated carbocycles. The van der Waals surface area contributed by atoms with Gasteiger partial charge in [0.25, 0.3) is 5.91 Å². The number of carbonyl (C=O) groups is 1. The number of furan rings is 1. The quantitative estimate of drug-likeness (QED) is 0.491. The topological polar surface area (TPSA) is 67.2 Å². The lowest BCUT2D eigenvalue weighted by molar-refractivity contribution is 0.0590. The smallest absolute Gasteiger partial charge is 0.289 e. The second-order valence-electron chi connectivity index (χ2n) is 8.49. The average Bonchev–Trinajstić information content (AvgIpc) is 3.43. The minimum atomic E-state index is -0.0351. The van der Waals surface area contributed by atoms with Crippen LogP contribution in [0.1, 0.15) is 34.6 Å². The van der Waals surface area contributed by atoms with Crippen LogP contribution < -0.4 is 14.8 Å². The number of hydrogen-bond acceptors (Lipinski definition) is 6. The molecular formula is C27H33N3O4. The second kappa shape index (κ2) is 11.7. The number of nitrogens with one attached hydrogen (secondary N) is 1. The third kappa shape index (κ3) is 6.40. The van der Waals surface area contributed by atoms with Gasteiger partial charge in [-0.2, -0.15) is 0 Å². The van der Waals surface area contributed by atoms with Crippen molar-refractivity contribution in [2.75, 3.05) is 46.4 Å². The van der Waals surface area contributed by atoms with Gasteiger partial charge in [0.15, 0.2) is 5.76 Å². The number of methoxy groups -OCH3 is 1. The number of amides is 1. The van der Waals surface area contributed by atoms with Crippen molar-refractivity contribution in [2.45, 2.75) is 19.5 Å². The van der Waals surface area contributed by atoms with Crippen molar-refractivity contribution >= 4 is 5.91 Å². The van der Waals surface area contributed by atoms with Crippen molar-refractivity contribution in [3.05, 3.63) is 83.8 Å². The molecule has 7 nitrogen and oxygen atoms in total. The maximum Gasteiger partial charge on any atom is 0.289 e. The number of piperazine rings is 1. The van der Waals surface area contributed by atoms with E-state index in [-0.39, 0.29) is 11.9 Å². The fourth-order valence-corrected chi connectivity index (χ4v) is 4.07. The molecule has 2 aromatic carbocycles. The van der Waals surface area contributed by atoms with Gasteiger partial charge < -0.3 is 24.1 Å². The van der Waals surface area contributed by atoms with Crippen LogP contribution in [0.25, 0.3) is 0 Å². The summed E-state index contributed by atoms with van der Waals surface area (Å²) in [4.78, 5) is 16.6. The highest BCUT2D eigenvalue weighted by Gasteiger charge is 2.23. The first-order valence-corrected chi connectivity index (χ1v) is 11.8. The molecule has 1 N–H and O–H groups in total. The Kier molecular flexibility index (Phi) is 8.22. The van der Waals surface area contributed by atoms with Crippen molar-refractivity contribution in [2.24, 2.45) is 0 Å². The summed E-state index contributed by atoms with van der Waals surface area (Å²) in [5, 5.41) is 3.57. The van der Waals surface area contributed by atoms with Crippen LogP contribution in [0.15, 0.2) is 71.3 Å². The minimum absolute atomic E-state index is 0.0351. The van der Waals surface area contributed by atoms with Crippen LogP contribution in [0.2, 0.25) is 0 Å². The van der Waals surface area contributed by atoms with Gasteiger partial charge in [-0.15, -0.1) is 0 Å². The van der Waals surface area contributed by atoms with E-state index in [1.54, 1.807) is 19.2 Å². The fraction of sp³-hybridized carbons (Fsp3) is 0.370. The molecule has 0 spiro atoms. The summed E-state index contributed by atoms with van der Waals surface area (Å²) in [5.41, 5.74) is 2.37. The molecule has 0 bridgehead atoms. The standard InChI is InChI=1S/C27H33N3O4/c1-21(23-7-4-8-24(19-23)32-2)28-20-22-6-3-9-25(18-22)33-17-15-29-11-13-30(14-12-29)27(31)26-10-5-16-34-26/h3-10,16,18-19,21,28H,11-15,17,20H2,1-2H3/t21-/m1/s1. The first-order valence-electron chi connectivity index (χ1n) is 11.8. The van der Waals surface area contributed by atoms with Gasteiger partial charge in [-0.05, 0) is 54.4 Å². The molecular weight excluding hydrogens is 430 g/mol. The molecule has 2 heterocycles. The van der Waals surface area contributed by atoms with Crippen LogP contribution in [0.3, 0.4) is 0 Å². The van der Waals surface area contributed by atoms with Gasteiger partial charge >= 0.3 is 0 Å². The van der Waals surface area contributed by atoms with Crippen molar-refractivity contribution < 1.29 is 18.7 Å². The van der Waals surface area contributed by atoms with Crippen LogP contribution in [0, 0.1) is 0 Å². The maximum absolute atomic E-state index is 12.4. The minimum Gasteiger partial charge on any atom is -0.497 e. The van der Waals surface area contributed by atoms with Crippen LogP contribution >= 0.6 is 0 Å². The van der Waals surface area contributed by atoms with Crippen molar-refractivity contribution in [1.82, 2.24) is 15.1 Å². The molecule has 7 heteroatoms. The molecule has 0 radical (unpaired) electrons. The lowest BCUT2D eigenvalue weighted by Gasteiger charge is -2.34. The molecule has 0 aliphatic carbocycles. The number of rotatable bonds is 10. The van der Waals surface area contributed by atoms with E-state index in [2.05, 4.69) is 41.4 Å². The Hall–Kier alpha value is -3.29. The van der Waals surface area contributed by atoms with Gasteiger partial charge in [0, 0.05) is 45.3 Å².